The maximum atomic E-state index is 12.3. The van der Waals surface area contributed by atoms with Crippen LogP contribution in [0.4, 0.5) is 0 Å². The molecule has 0 amide bonds. The summed E-state index contributed by atoms with van der Waals surface area (Å²) < 4.78 is 17.7. The highest BCUT2D eigenvalue weighted by Gasteiger charge is 2.27. The summed E-state index contributed by atoms with van der Waals surface area (Å²) in [6, 6.07) is 13.1. The summed E-state index contributed by atoms with van der Waals surface area (Å²) in [5.74, 6) is 0.00125. The highest BCUT2D eigenvalue weighted by atomic mass is 31.1. The lowest BCUT2D eigenvalue weighted by Crippen LogP contribution is -2.10. The van der Waals surface area contributed by atoms with Gasteiger partial charge in [-0.05, 0) is 25.3 Å². The minimum Gasteiger partial charge on any atom is -0.294 e. The van der Waals surface area contributed by atoms with Crippen molar-refractivity contribution in [2.24, 2.45) is 0 Å². The van der Waals surface area contributed by atoms with E-state index in [0.717, 1.165) is 22.0 Å². The van der Waals surface area contributed by atoms with Crippen molar-refractivity contribution >= 4 is 19.1 Å². The number of Topliss-reactive ketones (excluding diaryl/α,β-unsaturated/α-hetero) is 1. The van der Waals surface area contributed by atoms with Gasteiger partial charge in [-0.15, -0.1) is 4.52 Å². The number of benzene rings is 2. The van der Waals surface area contributed by atoms with Gasteiger partial charge in [0.1, 0.15) is 6.61 Å². The first-order chi connectivity index (χ1) is 10.5. The molecule has 2 aromatic carbocycles. The highest BCUT2D eigenvalue weighted by Crippen LogP contribution is 2.26. The van der Waals surface area contributed by atoms with Crippen molar-refractivity contribution in [3.8, 4) is 0 Å². The molecule has 2 rings (SSSR count). The van der Waals surface area contributed by atoms with Gasteiger partial charge in [0.25, 0.3) is 0 Å². The number of carbonyl (C=O) groups is 1. The van der Waals surface area contributed by atoms with Crippen LogP contribution in [-0.4, -0.2) is 12.4 Å². The van der Waals surface area contributed by atoms with Crippen LogP contribution in [0.25, 0.3) is 0 Å². The molecule has 0 spiro atoms. The van der Waals surface area contributed by atoms with Crippen molar-refractivity contribution in [3.63, 3.8) is 0 Å². The minimum atomic E-state index is -1.93. The zero-order valence-corrected chi connectivity index (χ0v) is 14.0. The van der Waals surface area contributed by atoms with Gasteiger partial charge < -0.3 is 0 Å². The summed E-state index contributed by atoms with van der Waals surface area (Å²) in [4.78, 5) is 12.0. The molecule has 0 radical (unpaired) electrons. The van der Waals surface area contributed by atoms with Gasteiger partial charge >= 0.3 is 8.03 Å². The molecule has 1 unspecified atom stereocenters. The summed E-state index contributed by atoms with van der Waals surface area (Å²) in [7, 11) is -1.93. The van der Waals surface area contributed by atoms with Gasteiger partial charge in [-0.2, -0.15) is 0 Å². The molecule has 0 aliphatic carbocycles. The van der Waals surface area contributed by atoms with Gasteiger partial charge in [0.05, 0.1) is 0 Å². The Hall–Kier alpha value is -1.83. The zero-order valence-electron chi connectivity index (χ0n) is 13.1. The largest absolute Gasteiger partial charge is 0.549 e. The Kier molecular flexibility index (Phi) is 5.59. The molecule has 114 valence electrons. The first-order valence-electron chi connectivity index (χ1n) is 7.25. The lowest BCUT2D eigenvalue weighted by Gasteiger charge is -2.02. The fraction of sp³-hybridized carbons (Fsp3) is 0.278. The Morgan fingerprint density at radius 3 is 2.23 bits per heavy atom. The van der Waals surface area contributed by atoms with Crippen LogP contribution in [0, 0.1) is 20.8 Å². The molecule has 0 saturated carbocycles. The Balaban J connectivity index is 1.95. The van der Waals surface area contributed by atoms with Gasteiger partial charge in [-0.25, -0.2) is 0 Å². The van der Waals surface area contributed by atoms with Crippen molar-refractivity contribution in [1.82, 2.24) is 0 Å². The van der Waals surface area contributed by atoms with E-state index in [1.807, 2.05) is 51.1 Å². The molecular formula is C18H20O3P+. The monoisotopic (exact) mass is 315 g/mol. The number of hydrogen-bond donors (Lipinski definition) is 0. The molecule has 0 aliphatic heterocycles. The predicted molar refractivity (Wildman–Crippen MR) is 89.2 cm³/mol. The normalized spacial score (nSPS) is 11.3. The Morgan fingerprint density at radius 2 is 1.64 bits per heavy atom. The third kappa shape index (κ3) is 4.09. The molecule has 0 saturated heterocycles. The van der Waals surface area contributed by atoms with Crippen molar-refractivity contribution in [1.29, 1.82) is 0 Å². The van der Waals surface area contributed by atoms with Crippen LogP contribution in [0.2, 0.25) is 0 Å². The minimum absolute atomic E-state index is 0.00125. The predicted octanol–water partition coefficient (Wildman–Crippen LogP) is 4.27. The van der Waals surface area contributed by atoms with Crippen molar-refractivity contribution in [2.75, 3.05) is 6.61 Å². The summed E-state index contributed by atoms with van der Waals surface area (Å²) >= 11 is 0. The smallest absolute Gasteiger partial charge is 0.294 e. The van der Waals surface area contributed by atoms with Crippen molar-refractivity contribution in [2.45, 2.75) is 27.2 Å². The second-order valence-electron chi connectivity index (χ2n) is 5.38. The molecule has 0 heterocycles. The van der Waals surface area contributed by atoms with Crippen LogP contribution in [0.3, 0.4) is 0 Å². The summed E-state index contributed by atoms with van der Waals surface area (Å²) in [5.41, 5.74) is 3.73. The van der Waals surface area contributed by atoms with E-state index in [1.165, 1.54) is 0 Å². The first kappa shape index (κ1) is 16.5. The fourth-order valence-corrected chi connectivity index (χ4v) is 3.61. The summed E-state index contributed by atoms with van der Waals surface area (Å²) in [6.45, 7) is 6.04. The van der Waals surface area contributed by atoms with E-state index in [1.54, 1.807) is 12.1 Å². The Bertz CT molecular complexity index is 670. The van der Waals surface area contributed by atoms with Crippen molar-refractivity contribution < 1.29 is 13.9 Å². The molecule has 0 bridgehead atoms. The van der Waals surface area contributed by atoms with E-state index >= 15 is 0 Å². The summed E-state index contributed by atoms with van der Waals surface area (Å²) in [5, 5.41) is 0.743. The molecular weight excluding hydrogens is 295 g/mol. The third-order valence-electron chi connectivity index (χ3n) is 3.45. The van der Waals surface area contributed by atoms with Crippen LogP contribution in [0.5, 0.6) is 0 Å². The molecule has 22 heavy (non-hydrogen) atoms. The third-order valence-corrected chi connectivity index (χ3v) is 4.94. The van der Waals surface area contributed by atoms with Crippen LogP contribution in [-0.2, 0) is 9.09 Å². The average molecular weight is 315 g/mol. The molecule has 3 nitrogen and oxygen atoms in total. The zero-order chi connectivity index (χ0) is 16.1. The lowest BCUT2D eigenvalue weighted by atomic mass is 10.1. The SMILES string of the molecule is Cc1cc(C)c([P+](=O)OCCC(=O)c2ccccc2)c(C)c1. The molecule has 2 aromatic rings. The Labute approximate surface area is 132 Å². The number of carbonyl (C=O) groups excluding carboxylic acids is 1. The maximum absolute atomic E-state index is 12.3. The number of rotatable bonds is 6. The average Bonchev–Trinajstić information content (AvgIpc) is 2.47. The van der Waals surface area contributed by atoms with Gasteiger partial charge in [-0.1, -0.05) is 48.0 Å². The van der Waals surface area contributed by atoms with Gasteiger partial charge in [0, 0.05) is 23.1 Å². The standard InChI is InChI=1S/C18H20O3P/c1-13-11-14(2)18(15(3)12-13)22(20)21-10-9-17(19)16-7-5-4-6-8-16/h4-8,11-12H,9-10H2,1-3H3/q+1. The van der Waals surface area contributed by atoms with Crippen molar-refractivity contribution in [3.05, 3.63) is 64.7 Å². The van der Waals surface area contributed by atoms with Gasteiger partial charge in [0.15, 0.2) is 5.78 Å². The van der Waals surface area contributed by atoms with Crippen LogP contribution in [0.1, 0.15) is 33.5 Å². The van der Waals surface area contributed by atoms with Crippen LogP contribution < -0.4 is 5.30 Å². The van der Waals surface area contributed by atoms with E-state index in [-0.39, 0.29) is 18.8 Å². The van der Waals surface area contributed by atoms with Crippen LogP contribution in [0.15, 0.2) is 42.5 Å². The topological polar surface area (TPSA) is 43.4 Å². The quantitative estimate of drug-likeness (QED) is 0.590. The van der Waals surface area contributed by atoms with E-state index in [2.05, 4.69) is 0 Å². The highest BCUT2D eigenvalue weighted by molar-refractivity contribution is 7.48. The second kappa shape index (κ2) is 7.44. The number of aryl methyl sites for hydroxylation is 3. The number of ketones is 1. The summed E-state index contributed by atoms with van der Waals surface area (Å²) in [6.07, 6.45) is 0.231. The maximum Gasteiger partial charge on any atom is 0.549 e. The second-order valence-corrected chi connectivity index (χ2v) is 6.60. The van der Waals surface area contributed by atoms with E-state index in [0.29, 0.717) is 5.56 Å². The molecule has 1 atom stereocenters. The first-order valence-corrected chi connectivity index (χ1v) is 8.43. The van der Waals surface area contributed by atoms with Gasteiger partial charge in [-0.3, -0.25) is 4.79 Å². The lowest BCUT2D eigenvalue weighted by molar-refractivity contribution is 0.0965. The van der Waals surface area contributed by atoms with E-state index in [4.69, 9.17) is 4.52 Å². The molecule has 0 aliphatic rings. The Morgan fingerprint density at radius 1 is 1.05 bits per heavy atom. The molecule has 0 fully saturated rings. The molecule has 0 aromatic heterocycles. The van der Waals surface area contributed by atoms with E-state index in [9.17, 15) is 9.36 Å². The fourth-order valence-electron chi connectivity index (χ4n) is 2.51. The van der Waals surface area contributed by atoms with Gasteiger partial charge in [0.2, 0.25) is 5.30 Å². The molecule has 0 N–H and O–H groups in total. The van der Waals surface area contributed by atoms with E-state index < -0.39 is 8.03 Å². The van der Waals surface area contributed by atoms with Crippen LogP contribution >= 0.6 is 8.03 Å². The molecule has 4 heteroatoms. The number of hydrogen-bond acceptors (Lipinski definition) is 3.